The van der Waals surface area contributed by atoms with Gasteiger partial charge >= 0.3 is 0 Å². The van der Waals surface area contributed by atoms with E-state index in [2.05, 4.69) is 16.6 Å². The van der Waals surface area contributed by atoms with Crippen LogP contribution in [0.3, 0.4) is 0 Å². The van der Waals surface area contributed by atoms with Gasteiger partial charge in [0.05, 0.1) is 11.6 Å². The molecule has 1 aromatic rings. The quantitative estimate of drug-likeness (QED) is 0.829. The topological polar surface area (TPSA) is 58.6 Å². The maximum atomic E-state index is 11.3. The minimum absolute atomic E-state index is 0.0341. The summed E-state index contributed by atoms with van der Waals surface area (Å²) in [6, 6.07) is 7.06. The van der Waals surface area contributed by atoms with Crippen LogP contribution >= 0.6 is 11.6 Å². The van der Waals surface area contributed by atoms with Crippen molar-refractivity contribution in [3.05, 3.63) is 29.3 Å². The lowest BCUT2D eigenvalue weighted by Gasteiger charge is -2.09. The molecule has 0 saturated heterocycles. The van der Waals surface area contributed by atoms with Crippen LogP contribution in [0.4, 0.5) is 0 Å². The van der Waals surface area contributed by atoms with Gasteiger partial charge in [-0.1, -0.05) is 35.6 Å². The van der Waals surface area contributed by atoms with Gasteiger partial charge in [-0.05, 0) is 12.1 Å². The standard InChI is InChI=1S/C12H15ClN2O3S/c1-15(2)19(16,17)14-9-5-6-10-18-12-8-4-3-7-11(12)13/h3-4,7-8,14H,9-10H2,1-2H3. The van der Waals surface area contributed by atoms with E-state index in [1.54, 1.807) is 24.3 Å². The summed E-state index contributed by atoms with van der Waals surface area (Å²) in [6.07, 6.45) is 0. The first-order valence-electron chi connectivity index (χ1n) is 5.43. The fourth-order valence-electron chi connectivity index (χ4n) is 1.05. The van der Waals surface area contributed by atoms with Crippen LogP contribution in [0.2, 0.25) is 5.02 Å². The molecule has 0 saturated carbocycles. The molecule has 0 amide bonds. The minimum atomic E-state index is -3.43. The smallest absolute Gasteiger partial charge is 0.279 e. The maximum Gasteiger partial charge on any atom is 0.279 e. The Morgan fingerprint density at radius 1 is 1.32 bits per heavy atom. The molecule has 0 atom stereocenters. The number of nitrogens with one attached hydrogen (secondary N) is 1. The van der Waals surface area contributed by atoms with Crippen molar-refractivity contribution in [2.45, 2.75) is 0 Å². The van der Waals surface area contributed by atoms with Crippen LogP contribution in [-0.4, -0.2) is 40.0 Å². The van der Waals surface area contributed by atoms with Crippen molar-refractivity contribution < 1.29 is 13.2 Å². The van der Waals surface area contributed by atoms with Crippen LogP contribution in [0, 0.1) is 11.8 Å². The molecule has 0 fully saturated rings. The Hall–Kier alpha value is -1.26. The van der Waals surface area contributed by atoms with Crippen molar-refractivity contribution in [2.75, 3.05) is 27.2 Å². The largest absolute Gasteiger partial charge is 0.479 e. The average Bonchev–Trinajstić information content (AvgIpc) is 2.35. The van der Waals surface area contributed by atoms with Crippen molar-refractivity contribution in [3.8, 4) is 17.6 Å². The maximum absolute atomic E-state index is 11.3. The van der Waals surface area contributed by atoms with Crippen LogP contribution in [-0.2, 0) is 10.2 Å². The second-order valence-electron chi connectivity index (χ2n) is 3.68. The number of para-hydroxylation sites is 1. The number of hydrogen-bond donors (Lipinski definition) is 1. The molecule has 5 nitrogen and oxygen atoms in total. The zero-order valence-corrected chi connectivity index (χ0v) is 12.3. The average molecular weight is 303 g/mol. The summed E-state index contributed by atoms with van der Waals surface area (Å²) in [5, 5.41) is 0.512. The number of nitrogens with zero attached hydrogens (tertiary/aromatic N) is 1. The summed E-state index contributed by atoms with van der Waals surface area (Å²) in [5.74, 6) is 5.90. The number of ether oxygens (including phenoxy) is 1. The molecule has 1 rings (SSSR count). The first-order valence-corrected chi connectivity index (χ1v) is 7.25. The normalized spacial score (nSPS) is 10.9. The fraction of sp³-hybridized carbons (Fsp3) is 0.333. The van der Waals surface area contributed by atoms with Gasteiger partial charge in [0.25, 0.3) is 10.2 Å². The number of benzene rings is 1. The van der Waals surface area contributed by atoms with Gasteiger partial charge in [0.1, 0.15) is 12.4 Å². The van der Waals surface area contributed by atoms with Gasteiger partial charge in [0.15, 0.2) is 0 Å². The van der Waals surface area contributed by atoms with E-state index >= 15 is 0 Å². The lowest BCUT2D eigenvalue weighted by molar-refractivity contribution is 0.370. The summed E-state index contributed by atoms with van der Waals surface area (Å²) in [5.41, 5.74) is 0. The lowest BCUT2D eigenvalue weighted by Crippen LogP contribution is -2.35. The van der Waals surface area contributed by atoms with Crippen LogP contribution in [0.25, 0.3) is 0 Å². The van der Waals surface area contributed by atoms with E-state index in [9.17, 15) is 8.42 Å². The van der Waals surface area contributed by atoms with Gasteiger partial charge in [-0.2, -0.15) is 17.4 Å². The molecule has 0 bridgehead atoms. The van der Waals surface area contributed by atoms with Gasteiger partial charge < -0.3 is 4.74 Å². The summed E-state index contributed by atoms with van der Waals surface area (Å²) in [7, 11) is -0.544. The van der Waals surface area contributed by atoms with E-state index in [4.69, 9.17) is 16.3 Å². The lowest BCUT2D eigenvalue weighted by atomic mass is 10.3. The first kappa shape index (κ1) is 15.8. The van der Waals surface area contributed by atoms with Crippen LogP contribution < -0.4 is 9.46 Å². The van der Waals surface area contributed by atoms with Gasteiger partial charge in [-0.3, -0.25) is 0 Å². The molecule has 1 N–H and O–H groups in total. The molecule has 0 aliphatic carbocycles. The van der Waals surface area contributed by atoms with Gasteiger partial charge in [-0.15, -0.1) is 0 Å². The van der Waals surface area contributed by atoms with Crippen molar-refractivity contribution in [3.63, 3.8) is 0 Å². The van der Waals surface area contributed by atoms with Crippen molar-refractivity contribution >= 4 is 21.8 Å². The minimum Gasteiger partial charge on any atom is -0.479 e. The number of hydrogen-bond acceptors (Lipinski definition) is 3. The highest BCUT2D eigenvalue weighted by atomic mass is 35.5. The van der Waals surface area contributed by atoms with Crippen LogP contribution in [0.1, 0.15) is 0 Å². The zero-order valence-electron chi connectivity index (χ0n) is 10.7. The van der Waals surface area contributed by atoms with E-state index in [-0.39, 0.29) is 13.2 Å². The molecule has 0 heterocycles. The number of rotatable bonds is 5. The van der Waals surface area contributed by atoms with E-state index in [0.29, 0.717) is 10.8 Å². The monoisotopic (exact) mass is 302 g/mol. The summed E-state index contributed by atoms with van der Waals surface area (Å²) < 4.78 is 31.4. The van der Waals surface area contributed by atoms with E-state index < -0.39 is 10.2 Å². The van der Waals surface area contributed by atoms with Crippen molar-refractivity contribution in [1.82, 2.24) is 9.03 Å². The predicted octanol–water partition coefficient (Wildman–Crippen LogP) is 1.12. The molecule has 0 aromatic heterocycles. The van der Waals surface area contributed by atoms with Crippen LogP contribution in [0.15, 0.2) is 24.3 Å². The molecule has 7 heteroatoms. The zero-order chi connectivity index (χ0) is 14.3. The summed E-state index contributed by atoms with van der Waals surface area (Å²) >= 11 is 5.89. The molecule has 104 valence electrons. The summed E-state index contributed by atoms with van der Waals surface area (Å²) in [6.45, 7) is 0.180. The molecular weight excluding hydrogens is 288 g/mol. The highest BCUT2D eigenvalue weighted by molar-refractivity contribution is 7.87. The fourth-order valence-corrected chi connectivity index (χ4v) is 1.75. The highest BCUT2D eigenvalue weighted by Gasteiger charge is 2.10. The summed E-state index contributed by atoms with van der Waals surface area (Å²) in [4.78, 5) is 0. The molecule has 1 aromatic carbocycles. The number of halogens is 1. The molecule has 0 aliphatic heterocycles. The van der Waals surface area contributed by atoms with Crippen LogP contribution in [0.5, 0.6) is 5.75 Å². The van der Waals surface area contributed by atoms with E-state index in [1.165, 1.54) is 14.1 Å². The SMILES string of the molecule is CN(C)S(=O)(=O)NCC#CCOc1ccccc1Cl. The third kappa shape index (κ3) is 5.49. The van der Waals surface area contributed by atoms with Gasteiger partial charge in [0.2, 0.25) is 0 Å². The molecule has 0 aliphatic rings. The molecule has 19 heavy (non-hydrogen) atoms. The molecule has 0 radical (unpaired) electrons. The van der Waals surface area contributed by atoms with Gasteiger partial charge in [-0.25, -0.2) is 0 Å². The highest BCUT2D eigenvalue weighted by Crippen LogP contribution is 2.22. The van der Waals surface area contributed by atoms with Crippen molar-refractivity contribution in [2.24, 2.45) is 0 Å². The van der Waals surface area contributed by atoms with E-state index in [0.717, 1.165) is 4.31 Å². The molecular formula is C12H15ClN2O3S. The van der Waals surface area contributed by atoms with Gasteiger partial charge in [0, 0.05) is 14.1 Å². The Morgan fingerprint density at radius 3 is 2.63 bits per heavy atom. The Morgan fingerprint density at radius 2 is 2.00 bits per heavy atom. The molecule has 0 spiro atoms. The predicted molar refractivity (Wildman–Crippen MR) is 75.3 cm³/mol. The third-order valence-electron chi connectivity index (χ3n) is 2.09. The Kier molecular flexibility index (Phi) is 6.12. The Bertz CT molecular complexity index is 576. The Balaban J connectivity index is 2.36. The first-order chi connectivity index (χ1) is 8.93. The van der Waals surface area contributed by atoms with Crippen molar-refractivity contribution in [1.29, 1.82) is 0 Å². The second-order valence-corrected chi connectivity index (χ2v) is 6.06. The molecule has 0 unspecified atom stereocenters. The third-order valence-corrected chi connectivity index (χ3v) is 3.87. The Labute approximate surface area is 118 Å². The second kappa shape index (κ2) is 7.36. The van der Waals surface area contributed by atoms with E-state index in [1.807, 2.05) is 0 Å².